The third-order valence-corrected chi connectivity index (χ3v) is 6.65. The van der Waals surface area contributed by atoms with Crippen LogP contribution in [0.1, 0.15) is 49.7 Å². The molecular weight excluding hydrogens is 278 g/mol. The van der Waals surface area contributed by atoms with Gasteiger partial charge >= 0.3 is 0 Å². The van der Waals surface area contributed by atoms with Crippen LogP contribution in [0, 0.1) is 17.3 Å². The van der Waals surface area contributed by atoms with E-state index >= 15 is 0 Å². The molecule has 0 aliphatic heterocycles. The van der Waals surface area contributed by atoms with Gasteiger partial charge < -0.3 is 15.4 Å². The van der Waals surface area contributed by atoms with Crippen LogP contribution in [0.3, 0.4) is 0 Å². The third kappa shape index (κ3) is 1.76. The number of hydrogen-bond acceptors (Lipinski definition) is 4. The van der Waals surface area contributed by atoms with E-state index in [0.717, 1.165) is 25.7 Å². The van der Waals surface area contributed by atoms with E-state index in [1.165, 1.54) is 11.1 Å². The smallest absolute Gasteiger partial charge is 0.115 e. The SMILES string of the molecule is C[C@]12CC[C@@H]3c4ccc(O)cc4CC[C@@H]3[C@@H]1C/C(=N/O)[C@@H]2O. The lowest BCUT2D eigenvalue weighted by Crippen LogP contribution is -2.44. The lowest BCUT2D eigenvalue weighted by Gasteiger charge is -2.49. The molecule has 0 bridgehead atoms. The van der Waals surface area contributed by atoms with Crippen molar-refractivity contribution in [2.45, 2.75) is 51.0 Å². The van der Waals surface area contributed by atoms with E-state index < -0.39 is 6.10 Å². The van der Waals surface area contributed by atoms with E-state index in [9.17, 15) is 15.4 Å². The second kappa shape index (κ2) is 4.72. The molecule has 5 atom stereocenters. The third-order valence-electron chi connectivity index (χ3n) is 6.65. The number of aryl methyl sites for hydroxylation is 1. The molecule has 1 aromatic rings. The number of phenolic OH excluding ortho intramolecular Hbond substituents is 1. The van der Waals surface area contributed by atoms with Crippen LogP contribution >= 0.6 is 0 Å². The zero-order valence-electron chi connectivity index (χ0n) is 12.9. The maximum Gasteiger partial charge on any atom is 0.115 e. The van der Waals surface area contributed by atoms with Gasteiger partial charge in [0.15, 0.2) is 0 Å². The lowest BCUT2D eigenvalue weighted by atomic mass is 9.55. The van der Waals surface area contributed by atoms with Crippen LogP contribution in [-0.2, 0) is 6.42 Å². The van der Waals surface area contributed by atoms with E-state index in [0.29, 0.717) is 35.6 Å². The molecule has 0 radical (unpaired) electrons. The molecule has 118 valence electrons. The van der Waals surface area contributed by atoms with Gasteiger partial charge in [0.1, 0.15) is 11.9 Å². The molecule has 22 heavy (non-hydrogen) atoms. The fraction of sp³-hybridized carbons (Fsp3) is 0.611. The molecule has 0 saturated heterocycles. The van der Waals surface area contributed by atoms with E-state index in [1.54, 1.807) is 6.07 Å². The molecule has 4 nitrogen and oxygen atoms in total. The van der Waals surface area contributed by atoms with Crippen LogP contribution < -0.4 is 0 Å². The van der Waals surface area contributed by atoms with Crippen LogP contribution in [0.4, 0.5) is 0 Å². The van der Waals surface area contributed by atoms with Crippen LogP contribution in [0.2, 0.25) is 0 Å². The molecule has 3 N–H and O–H groups in total. The van der Waals surface area contributed by atoms with Crippen molar-refractivity contribution in [2.75, 3.05) is 0 Å². The summed E-state index contributed by atoms with van der Waals surface area (Å²) in [6.45, 7) is 2.16. The fourth-order valence-corrected chi connectivity index (χ4v) is 5.45. The first-order valence-electron chi connectivity index (χ1n) is 8.25. The van der Waals surface area contributed by atoms with Crippen molar-refractivity contribution in [3.8, 4) is 5.75 Å². The zero-order chi connectivity index (χ0) is 15.5. The van der Waals surface area contributed by atoms with E-state index in [-0.39, 0.29) is 5.41 Å². The Kier molecular flexibility index (Phi) is 3.02. The number of aliphatic hydroxyl groups excluding tert-OH is 1. The fourth-order valence-electron chi connectivity index (χ4n) is 5.45. The van der Waals surface area contributed by atoms with Crippen molar-refractivity contribution < 1.29 is 15.4 Å². The summed E-state index contributed by atoms with van der Waals surface area (Å²) >= 11 is 0. The summed E-state index contributed by atoms with van der Waals surface area (Å²) in [6, 6.07) is 5.78. The van der Waals surface area contributed by atoms with Crippen LogP contribution in [0.25, 0.3) is 0 Å². The van der Waals surface area contributed by atoms with Gasteiger partial charge in [-0.25, -0.2) is 0 Å². The number of rotatable bonds is 0. The minimum absolute atomic E-state index is 0.156. The zero-order valence-corrected chi connectivity index (χ0v) is 12.9. The number of hydrogen-bond donors (Lipinski definition) is 3. The van der Waals surface area contributed by atoms with Crippen LogP contribution in [0.15, 0.2) is 23.4 Å². The summed E-state index contributed by atoms with van der Waals surface area (Å²) in [7, 11) is 0. The van der Waals surface area contributed by atoms with Crippen molar-refractivity contribution in [1.29, 1.82) is 0 Å². The van der Waals surface area contributed by atoms with E-state index in [2.05, 4.69) is 18.1 Å². The van der Waals surface area contributed by atoms with Crippen molar-refractivity contribution in [3.05, 3.63) is 29.3 Å². The Balaban J connectivity index is 1.72. The molecule has 4 heteroatoms. The Hall–Kier alpha value is -1.55. The van der Waals surface area contributed by atoms with Gasteiger partial charge in [-0.2, -0.15) is 0 Å². The Morgan fingerprint density at radius 1 is 1.27 bits per heavy atom. The topological polar surface area (TPSA) is 73.1 Å². The average molecular weight is 301 g/mol. The van der Waals surface area contributed by atoms with Gasteiger partial charge in [-0.1, -0.05) is 18.1 Å². The molecular formula is C18H23NO3. The summed E-state index contributed by atoms with van der Waals surface area (Å²) in [5.74, 6) is 1.77. The molecule has 0 aromatic heterocycles. The lowest BCUT2D eigenvalue weighted by molar-refractivity contribution is -0.0121. The maximum atomic E-state index is 10.5. The quantitative estimate of drug-likeness (QED) is 0.509. The highest BCUT2D eigenvalue weighted by atomic mass is 16.4. The first-order chi connectivity index (χ1) is 10.5. The minimum Gasteiger partial charge on any atom is -0.508 e. The second-order valence-corrected chi connectivity index (χ2v) is 7.54. The first kappa shape index (κ1) is 14.1. The molecule has 0 unspecified atom stereocenters. The van der Waals surface area contributed by atoms with Gasteiger partial charge in [-0.15, -0.1) is 0 Å². The van der Waals surface area contributed by atoms with Crippen LogP contribution in [-0.4, -0.2) is 27.2 Å². The molecule has 2 fully saturated rings. The summed E-state index contributed by atoms with van der Waals surface area (Å²) < 4.78 is 0. The number of phenols is 1. The number of oxime groups is 1. The normalized spacial score (nSPS) is 41.8. The van der Waals surface area contributed by atoms with Gasteiger partial charge in [0, 0.05) is 5.41 Å². The van der Waals surface area contributed by atoms with Crippen molar-refractivity contribution >= 4 is 5.71 Å². The second-order valence-electron chi connectivity index (χ2n) is 7.54. The largest absolute Gasteiger partial charge is 0.508 e. The minimum atomic E-state index is -0.607. The van der Waals surface area contributed by atoms with Gasteiger partial charge in [0.25, 0.3) is 0 Å². The van der Waals surface area contributed by atoms with Gasteiger partial charge in [-0.3, -0.25) is 0 Å². The highest BCUT2D eigenvalue weighted by molar-refractivity contribution is 5.91. The Labute approximate surface area is 130 Å². The molecule has 1 aromatic carbocycles. The molecule has 2 saturated carbocycles. The molecule has 0 heterocycles. The molecule has 0 amide bonds. The monoisotopic (exact) mass is 301 g/mol. The van der Waals surface area contributed by atoms with Gasteiger partial charge in [-0.05, 0) is 73.1 Å². The molecule has 0 spiro atoms. The summed E-state index contributed by atoms with van der Waals surface area (Å²) in [6.07, 6.45) is 4.20. The Bertz CT molecular complexity index is 641. The summed E-state index contributed by atoms with van der Waals surface area (Å²) in [4.78, 5) is 0. The standard InChI is InChI=1S/C18H23NO3/c1-18-7-6-13-12-5-3-11(20)8-10(12)2-4-14(13)15(18)9-16(19-22)17(18)21/h3,5,8,13-15,17,20-22H,2,4,6-7,9H2,1H3/b19-16-/t13-,14+,15+,17+,18+/m1/s1. The average Bonchev–Trinajstić information content (AvgIpc) is 2.78. The van der Waals surface area contributed by atoms with Crippen molar-refractivity contribution in [1.82, 2.24) is 0 Å². The highest BCUT2D eigenvalue weighted by Crippen LogP contribution is 2.60. The molecule has 3 aliphatic carbocycles. The summed E-state index contributed by atoms with van der Waals surface area (Å²) in [5, 5.41) is 32.8. The van der Waals surface area contributed by atoms with Crippen molar-refractivity contribution in [2.24, 2.45) is 22.4 Å². The Morgan fingerprint density at radius 3 is 2.86 bits per heavy atom. The summed E-state index contributed by atoms with van der Waals surface area (Å²) in [5.41, 5.74) is 3.06. The Morgan fingerprint density at radius 2 is 2.09 bits per heavy atom. The number of aromatic hydroxyl groups is 1. The number of aliphatic hydroxyl groups is 1. The van der Waals surface area contributed by atoms with E-state index in [4.69, 9.17) is 0 Å². The predicted molar refractivity (Wildman–Crippen MR) is 83.3 cm³/mol. The van der Waals surface area contributed by atoms with Crippen LogP contribution in [0.5, 0.6) is 5.75 Å². The van der Waals surface area contributed by atoms with E-state index in [1.807, 2.05) is 6.07 Å². The first-order valence-corrected chi connectivity index (χ1v) is 8.25. The number of fused-ring (bicyclic) bond motifs is 5. The highest BCUT2D eigenvalue weighted by Gasteiger charge is 2.57. The molecule has 4 rings (SSSR count). The number of nitrogens with zero attached hydrogens (tertiary/aromatic N) is 1. The van der Waals surface area contributed by atoms with Gasteiger partial charge in [0.05, 0.1) is 5.71 Å². The molecule has 3 aliphatic rings. The van der Waals surface area contributed by atoms with Crippen molar-refractivity contribution in [3.63, 3.8) is 0 Å². The number of benzene rings is 1. The van der Waals surface area contributed by atoms with Gasteiger partial charge in [0.2, 0.25) is 0 Å². The predicted octanol–water partition coefficient (Wildman–Crippen LogP) is 3.05. The maximum absolute atomic E-state index is 10.5.